The Morgan fingerprint density at radius 1 is 1.27 bits per heavy atom. The lowest BCUT2D eigenvalue weighted by molar-refractivity contribution is -0.139. The van der Waals surface area contributed by atoms with Gasteiger partial charge >= 0.3 is 0 Å². The summed E-state index contributed by atoms with van der Waals surface area (Å²) in [5, 5.41) is 0. The van der Waals surface area contributed by atoms with Gasteiger partial charge in [-0.1, -0.05) is 12.8 Å². The van der Waals surface area contributed by atoms with Gasteiger partial charge in [-0.05, 0) is 19.8 Å². The predicted molar refractivity (Wildman–Crippen MR) is 85.4 cm³/mol. The average molecular weight is 303 g/mol. The molecule has 0 radical (unpaired) electrons. The lowest BCUT2D eigenvalue weighted by atomic mass is 9.74. The number of nitrogens with zero attached hydrogens (tertiary/aromatic N) is 4. The van der Waals surface area contributed by atoms with E-state index in [1.807, 2.05) is 11.8 Å². The highest BCUT2D eigenvalue weighted by atomic mass is 16.2. The van der Waals surface area contributed by atoms with E-state index in [-0.39, 0.29) is 17.4 Å². The van der Waals surface area contributed by atoms with Crippen LogP contribution in [-0.2, 0) is 4.79 Å². The summed E-state index contributed by atoms with van der Waals surface area (Å²) in [6, 6.07) is 0. The van der Waals surface area contributed by atoms with E-state index in [1.54, 1.807) is 18.6 Å². The van der Waals surface area contributed by atoms with Crippen molar-refractivity contribution in [2.45, 2.75) is 38.1 Å². The highest BCUT2D eigenvalue weighted by molar-refractivity contribution is 5.80. The zero-order valence-electron chi connectivity index (χ0n) is 13.2. The molecule has 2 fully saturated rings. The van der Waals surface area contributed by atoms with Crippen LogP contribution in [-0.4, -0.2) is 52.5 Å². The third-order valence-corrected chi connectivity index (χ3v) is 5.02. The summed E-state index contributed by atoms with van der Waals surface area (Å²) in [6.45, 7) is 5.12. The number of carbonyl (C=O) groups is 1. The van der Waals surface area contributed by atoms with Crippen molar-refractivity contribution in [1.82, 2.24) is 14.9 Å². The molecular weight excluding hydrogens is 278 g/mol. The highest BCUT2D eigenvalue weighted by Gasteiger charge is 2.40. The number of carbonyl (C=O) groups excluding carboxylic acids is 1. The van der Waals surface area contributed by atoms with Crippen LogP contribution in [0.2, 0.25) is 0 Å². The zero-order valence-corrected chi connectivity index (χ0v) is 13.2. The van der Waals surface area contributed by atoms with Gasteiger partial charge in [-0.25, -0.2) is 4.98 Å². The normalized spacial score (nSPS) is 29.5. The van der Waals surface area contributed by atoms with Crippen LogP contribution in [0.1, 0.15) is 32.6 Å². The van der Waals surface area contributed by atoms with Crippen molar-refractivity contribution in [3.8, 4) is 0 Å². The van der Waals surface area contributed by atoms with Crippen molar-refractivity contribution in [2.75, 3.05) is 31.1 Å². The van der Waals surface area contributed by atoms with Gasteiger partial charge in [-0.2, -0.15) is 0 Å². The summed E-state index contributed by atoms with van der Waals surface area (Å²) in [7, 11) is 0. The van der Waals surface area contributed by atoms with Crippen LogP contribution in [0.5, 0.6) is 0 Å². The highest BCUT2D eigenvalue weighted by Crippen LogP contribution is 2.33. The number of amides is 1. The Morgan fingerprint density at radius 3 is 2.68 bits per heavy atom. The topological polar surface area (TPSA) is 75.4 Å². The minimum atomic E-state index is -0.350. The lowest BCUT2D eigenvalue weighted by Crippen LogP contribution is -2.57. The molecule has 1 saturated heterocycles. The van der Waals surface area contributed by atoms with Crippen LogP contribution in [0, 0.1) is 5.92 Å². The molecule has 2 N–H and O–H groups in total. The van der Waals surface area contributed by atoms with Crippen LogP contribution in [0.4, 0.5) is 5.82 Å². The van der Waals surface area contributed by atoms with E-state index < -0.39 is 0 Å². The Labute approximate surface area is 131 Å². The monoisotopic (exact) mass is 303 g/mol. The van der Waals surface area contributed by atoms with Crippen LogP contribution in [0.25, 0.3) is 0 Å². The van der Waals surface area contributed by atoms with Gasteiger partial charge in [0.15, 0.2) is 0 Å². The van der Waals surface area contributed by atoms with Crippen molar-refractivity contribution in [2.24, 2.45) is 11.7 Å². The number of anilines is 1. The van der Waals surface area contributed by atoms with Crippen molar-refractivity contribution >= 4 is 11.7 Å². The molecule has 1 aromatic heterocycles. The zero-order chi connectivity index (χ0) is 15.6. The maximum Gasteiger partial charge on any atom is 0.227 e. The second-order valence-electron chi connectivity index (χ2n) is 6.68. The SMILES string of the molecule is CC1(N)CCCCC1C(=O)N1CCN(c2cnccn2)CC1. The van der Waals surface area contributed by atoms with Crippen molar-refractivity contribution in [3.63, 3.8) is 0 Å². The third-order valence-electron chi connectivity index (χ3n) is 5.02. The minimum absolute atomic E-state index is 0.0238. The molecule has 0 spiro atoms. The van der Waals surface area contributed by atoms with Crippen molar-refractivity contribution < 1.29 is 4.79 Å². The van der Waals surface area contributed by atoms with Gasteiger partial charge in [0.1, 0.15) is 5.82 Å². The molecule has 1 aromatic rings. The van der Waals surface area contributed by atoms with Gasteiger partial charge in [0, 0.05) is 44.1 Å². The first-order chi connectivity index (χ1) is 10.6. The molecule has 1 aliphatic heterocycles. The molecule has 6 nitrogen and oxygen atoms in total. The first kappa shape index (κ1) is 15.2. The Bertz CT molecular complexity index is 511. The molecular formula is C16H25N5O. The third kappa shape index (κ3) is 3.06. The summed E-state index contributed by atoms with van der Waals surface area (Å²) < 4.78 is 0. The molecule has 2 atom stereocenters. The van der Waals surface area contributed by atoms with E-state index in [0.717, 1.165) is 57.7 Å². The van der Waals surface area contributed by atoms with E-state index >= 15 is 0 Å². The number of piperazine rings is 1. The van der Waals surface area contributed by atoms with Crippen molar-refractivity contribution in [1.29, 1.82) is 0 Å². The fourth-order valence-electron chi connectivity index (χ4n) is 3.59. The molecule has 6 heteroatoms. The smallest absolute Gasteiger partial charge is 0.227 e. The van der Waals surface area contributed by atoms with Gasteiger partial charge in [0.25, 0.3) is 0 Å². The number of hydrogen-bond acceptors (Lipinski definition) is 5. The molecule has 0 bridgehead atoms. The van der Waals surface area contributed by atoms with E-state index in [0.29, 0.717) is 0 Å². The van der Waals surface area contributed by atoms with E-state index in [2.05, 4.69) is 14.9 Å². The second-order valence-corrected chi connectivity index (χ2v) is 6.68. The second kappa shape index (κ2) is 6.20. The van der Waals surface area contributed by atoms with Gasteiger partial charge < -0.3 is 15.5 Å². The number of hydrogen-bond donors (Lipinski definition) is 1. The number of nitrogens with two attached hydrogens (primary N) is 1. The van der Waals surface area contributed by atoms with E-state index in [4.69, 9.17) is 5.73 Å². The fourth-order valence-corrected chi connectivity index (χ4v) is 3.59. The summed E-state index contributed by atoms with van der Waals surface area (Å²) in [4.78, 5) is 25.4. The Balaban J connectivity index is 1.60. The Kier molecular flexibility index (Phi) is 4.29. The molecule has 120 valence electrons. The molecule has 22 heavy (non-hydrogen) atoms. The Hall–Kier alpha value is -1.69. The van der Waals surface area contributed by atoms with Crippen LogP contribution < -0.4 is 10.6 Å². The molecule has 2 unspecified atom stereocenters. The van der Waals surface area contributed by atoms with Crippen LogP contribution >= 0.6 is 0 Å². The standard InChI is InChI=1S/C16H25N5O/c1-16(17)5-3-2-4-13(16)15(22)21-10-8-20(9-11-21)14-12-18-6-7-19-14/h6-7,12-13H,2-5,8-11,17H2,1H3. The van der Waals surface area contributed by atoms with Crippen LogP contribution in [0.15, 0.2) is 18.6 Å². The fraction of sp³-hybridized carbons (Fsp3) is 0.688. The maximum absolute atomic E-state index is 12.8. The molecule has 1 saturated carbocycles. The van der Waals surface area contributed by atoms with Crippen molar-refractivity contribution in [3.05, 3.63) is 18.6 Å². The summed E-state index contributed by atoms with van der Waals surface area (Å²) in [5.74, 6) is 1.10. The Morgan fingerprint density at radius 2 is 2.05 bits per heavy atom. The maximum atomic E-state index is 12.8. The number of rotatable bonds is 2. The molecule has 0 aromatic carbocycles. The largest absolute Gasteiger partial charge is 0.352 e. The predicted octanol–water partition coefficient (Wildman–Crippen LogP) is 1.03. The quantitative estimate of drug-likeness (QED) is 0.883. The van der Waals surface area contributed by atoms with Gasteiger partial charge in [-0.3, -0.25) is 9.78 Å². The summed E-state index contributed by atoms with van der Waals surface area (Å²) in [5.41, 5.74) is 6.02. The lowest BCUT2D eigenvalue weighted by Gasteiger charge is -2.42. The average Bonchev–Trinajstić information content (AvgIpc) is 2.55. The first-order valence-electron chi connectivity index (χ1n) is 8.16. The summed E-state index contributed by atoms with van der Waals surface area (Å²) in [6.07, 6.45) is 9.28. The minimum Gasteiger partial charge on any atom is -0.352 e. The molecule has 2 heterocycles. The van der Waals surface area contributed by atoms with Gasteiger partial charge in [0.2, 0.25) is 5.91 Å². The first-order valence-corrected chi connectivity index (χ1v) is 8.16. The van der Waals surface area contributed by atoms with E-state index in [9.17, 15) is 4.79 Å². The molecule has 1 amide bonds. The van der Waals surface area contributed by atoms with Crippen LogP contribution in [0.3, 0.4) is 0 Å². The summed E-state index contributed by atoms with van der Waals surface area (Å²) >= 11 is 0. The van der Waals surface area contributed by atoms with Gasteiger partial charge in [-0.15, -0.1) is 0 Å². The van der Waals surface area contributed by atoms with E-state index in [1.165, 1.54) is 0 Å². The molecule has 2 aliphatic rings. The molecule has 3 rings (SSSR count). The number of aromatic nitrogens is 2. The van der Waals surface area contributed by atoms with Gasteiger partial charge in [0.05, 0.1) is 12.1 Å². The molecule has 1 aliphatic carbocycles.